The van der Waals surface area contributed by atoms with Gasteiger partial charge in [0.25, 0.3) is 0 Å². The van der Waals surface area contributed by atoms with E-state index in [1.54, 1.807) is 0 Å². The Hall–Kier alpha value is -0.872. The molecule has 0 radical (unpaired) electrons. The smallest absolute Gasteiger partial charge is 0.358 e. The van der Waals surface area contributed by atoms with Crippen LogP contribution in [0.15, 0.2) is 72.8 Å². The molecule has 2 aromatic rings. The van der Waals surface area contributed by atoms with Gasteiger partial charge >= 0.3 is 21.1 Å². The Balaban J connectivity index is -0.0000000253. The van der Waals surface area contributed by atoms with Crippen LogP contribution in [0, 0.1) is 14.9 Å². The number of hydrogen-bond donors (Lipinski definition) is 0. The van der Waals surface area contributed by atoms with E-state index in [2.05, 4.69) is 0 Å². The Morgan fingerprint density at radius 2 is 0.381 bits per heavy atom. The minimum absolute atomic E-state index is 0. The standard InChI is InChI=1S/2C6H6.2C2H6.2CH4.2CH3.W/c2*1-2-4-6-5-3-1;2*1-2;;;;;/h2*1-6H;2*1-2H3;2*1H4;2*1H3;/q;;;;;;2*-1;+2. The van der Waals surface area contributed by atoms with Crippen LogP contribution in [0.4, 0.5) is 0 Å². The van der Waals surface area contributed by atoms with Crippen molar-refractivity contribution < 1.29 is 21.1 Å². The summed E-state index contributed by atoms with van der Waals surface area (Å²) >= 11 is 0. The molecule has 0 aliphatic rings. The van der Waals surface area contributed by atoms with E-state index in [0.717, 1.165) is 0 Å². The average Bonchev–Trinajstić information content (AvgIpc) is 2.48. The predicted molar refractivity (Wildman–Crippen MR) is 102 cm³/mol. The minimum Gasteiger partial charge on any atom is -0.358 e. The van der Waals surface area contributed by atoms with Crippen LogP contribution in [-0.2, 0) is 21.1 Å². The first-order valence-electron chi connectivity index (χ1n) is 6.00. The first-order chi connectivity index (χ1) is 8.00. The molecule has 0 bridgehead atoms. The van der Waals surface area contributed by atoms with E-state index < -0.39 is 0 Å². The average molecular weight is 462 g/mol. The monoisotopic (exact) mass is 462 g/mol. The van der Waals surface area contributed by atoms with Gasteiger partial charge < -0.3 is 14.9 Å². The molecule has 0 fully saturated rings. The topological polar surface area (TPSA) is 0 Å². The van der Waals surface area contributed by atoms with Crippen molar-refractivity contribution in [3.05, 3.63) is 87.6 Å². The Bertz CT molecular complexity index is 181. The van der Waals surface area contributed by atoms with Crippen molar-refractivity contribution in [1.82, 2.24) is 0 Å². The quantitative estimate of drug-likeness (QED) is 0.354. The molecule has 0 aliphatic carbocycles. The van der Waals surface area contributed by atoms with E-state index in [4.69, 9.17) is 0 Å². The van der Waals surface area contributed by atoms with Crippen molar-refractivity contribution in [2.75, 3.05) is 0 Å². The van der Waals surface area contributed by atoms with Crippen molar-refractivity contribution in [2.45, 2.75) is 42.5 Å². The second-order valence-electron chi connectivity index (χ2n) is 2.31. The van der Waals surface area contributed by atoms with Gasteiger partial charge in [0.15, 0.2) is 0 Å². The molecule has 2 rings (SSSR count). The van der Waals surface area contributed by atoms with Gasteiger partial charge in [0, 0.05) is 0 Å². The van der Waals surface area contributed by atoms with Gasteiger partial charge in [0.1, 0.15) is 0 Å². The molecule has 0 heterocycles. The second-order valence-corrected chi connectivity index (χ2v) is 2.31. The van der Waals surface area contributed by atoms with Gasteiger partial charge in [-0.3, -0.25) is 0 Å². The fraction of sp³-hybridized carbons (Fsp3) is 0.300. The largest absolute Gasteiger partial charge is 2.00 e. The molecule has 0 unspecified atom stereocenters. The Labute approximate surface area is 151 Å². The zero-order valence-corrected chi connectivity index (χ0v) is 16.3. The fourth-order valence-corrected chi connectivity index (χ4v) is 0.770. The molecule has 0 N–H and O–H groups in total. The van der Waals surface area contributed by atoms with E-state index >= 15 is 0 Å². The maximum absolute atomic E-state index is 2.00. The van der Waals surface area contributed by atoms with E-state index in [9.17, 15) is 0 Å². The summed E-state index contributed by atoms with van der Waals surface area (Å²) in [5.74, 6) is 0. The van der Waals surface area contributed by atoms with Crippen LogP contribution >= 0.6 is 0 Å². The maximum atomic E-state index is 2.00. The van der Waals surface area contributed by atoms with Gasteiger partial charge in [-0.25, -0.2) is 0 Å². The van der Waals surface area contributed by atoms with E-state index in [1.165, 1.54) is 0 Å². The predicted octanol–water partition coefficient (Wildman–Crippen LogP) is 7.60. The van der Waals surface area contributed by atoms with Crippen molar-refractivity contribution >= 4 is 0 Å². The molecule has 0 aromatic heterocycles. The van der Waals surface area contributed by atoms with Crippen molar-refractivity contribution in [3.8, 4) is 0 Å². The number of rotatable bonds is 0. The molecule has 2 aromatic carbocycles. The van der Waals surface area contributed by atoms with Crippen LogP contribution in [0.3, 0.4) is 0 Å². The van der Waals surface area contributed by atoms with Crippen LogP contribution < -0.4 is 0 Å². The first kappa shape index (κ1) is 42.7. The van der Waals surface area contributed by atoms with Crippen LogP contribution in [0.5, 0.6) is 0 Å². The van der Waals surface area contributed by atoms with Crippen LogP contribution in [0.2, 0.25) is 0 Å². The summed E-state index contributed by atoms with van der Waals surface area (Å²) in [4.78, 5) is 0. The third-order valence-corrected chi connectivity index (χ3v) is 1.33. The zero-order chi connectivity index (χ0) is 12.5. The van der Waals surface area contributed by atoms with E-state index in [1.807, 2.05) is 100 Å². The molecule has 0 saturated carbocycles. The van der Waals surface area contributed by atoms with Gasteiger partial charge in [-0.1, -0.05) is 115 Å². The zero-order valence-electron chi connectivity index (χ0n) is 13.3. The summed E-state index contributed by atoms with van der Waals surface area (Å²) in [6.45, 7) is 8.00. The number of hydrogen-bond acceptors (Lipinski definition) is 0. The van der Waals surface area contributed by atoms with Crippen LogP contribution in [0.1, 0.15) is 42.5 Å². The minimum atomic E-state index is 0. The van der Waals surface area contributed by atoms with Crippen molar-refractivity contribution in [3.63, 3.8) is 0 Å². The molecular weight excluding hydrogens is 424 g/mol. The maximum Gasteiger partial charge on any atom is 2.00 e. The Morgan fingerprint density at radius 1 is 0.333 bits per heavy atom. The van der Waals surface area contributed by atoms with Gasteiger partial charge in [0.05, 0.1) is 0 Å². The molecule has 0 saturated heterocycles. The molecule has 124 valence electrons. The molecule has 0 amide bonds. The Morgan fingerprint density at radius 3 is 0.429 bits per heavy atom. The molecular formula is C20H38W. The number of benzene rings is 2. The summed E-state index contributed by atoms with van der Waals surface area (Å²) in [6, 6.07) is 24.0. The van der Waals surface area contributed by atoms with E-state index in [0.29, 0.717) is 0 Å². The normalized spacial score (nSPS) is 5.14. The van der Waals surface area contributed by atoms with Crippen LogP contribution in [0.25, 0.3) is 0 Å². The third-order valence-electron chi connectivity index (χ3n) is 1.33. The summed E-state index contributed by atoms with van der Waals surface area (Å²) in [5.41, 5.74) is 0. The van der Waals surface area contributed by atoms with E-state index in [-0.39, 0.29) is 50.8 Å². The third kappa shape index (κ3) is 45.3. The molecule has 0 spiro atoms. The summed E-state index contributed by atoms with van der Waals surface area (Å²) in [5, 5.41) is 0. The summed E-state index contributed by atoms with van der Waals surface area (Å²) < 4.78 is 0. The van der Waals surface area contributed by atoms with Crippen LogP contribution in [-0.4, -0.2) is 0 Å². The first-order valence-corrected chi connectivity index (χ1v) is 6.00. The molecule has 0 nitrogen and oxygen atoms in total. The van der Waals surface area contributed by atoms with Gasteiger partial charge in [-0.05, 0) is 0 Å². The molecule has 0 atom stereocenters. The Kier molecular flexibility index (Phi) is 103. The second kappa shape index (κ2) is 50.8. The summed E-state index contributed by atoms with van der Waals surface area (Å²) in [6.07, 6.45) is 0. The molecule has 1 heteroatoms. The molecule has 0 aliphatic heterocycles. The fourth-order valence-electron chi connectivity index (χ4n) is 0.770. The molecule has 21 heavy (non-hydrogen) atoms. The van der Waals surface area contributed by atoms with Gasteiger partial charge in [0.2, 0.25) is 0 Å². The van der Waals surface area contributed by atoms with Crippen molar-refractivity contribution in [2.24, 2.45) is 0 Å². The summed E-state index contributed by atoms with van der Waals surface area (Å²) in [7, 11) is 0. The van der Waals surface area contributed by atoms with Gasteiger partial charge in [-0.15, -0.1) is 0 Å². The van der Waals surface area contributed by atoms with Crippen molar-refractivity contribution in [1.29, 1.82) is 0 Å². The van der Waals surface area contributed by atoms with Gasteiger partial charge in [-0.2, -0.15) is 0 Å². The SMILES string of the molecule is C.C.CC.CC.[CH3-].[CH3-].[W+2].c1ccccc1.c1ccccc1.